The number of nitro benzene ring substituents is 1. The van der Waals surface area contributed by atoms with Crippen LogP contribution in [0.4, 0.5) is 11.4 Å². The van der Waals surface area contributed by atoms with Crippen LogP contribution in [0.5, 0.6) is 0 Å². The zero-order valence-electron chi connectivity index (χ0n) is 16.6. The third-order valence-electron chi connectivity index (χ3n) is 4.04. The number of nitrogens with one attached hydrogen (secondary N) is 1. The lowest BCUT2D eigenvalue weighted by atomic mass is 10.0. The minimum Gasteiger partial charge on any atom is -0.357 e. The van der Waals surface area contributed by atoms with Gasteiger partial charge in [0.1, 0.15) is 5.69 Å². The van der Waals surface area contributed by atoms with E-state index in [9.17, 15) is 19.7 Å². The van der Waals surface area contributed by atoms with Crippen LogP contribution in [0.25, 0.3) is 0 Å². The number of carbonyl (C=O) groups is 2. The van der Waals surface area contributed by atoms with Crippen LogP contribution in [0.1, 0.15) is 43.6 Å². The van der Waals surface area contributed by atoms with Crippen LogP contribution >= 0.6 is 0 Å². The van der Waals surface area contributed by atoms with Gasteiger partial charge in [-0.05, 0) is 39.8 Å². The van der Waals surface area contributed by atoms with E-state index in [1.54, 1.807) is 41.3 Å². The molecule has 0 aliphatic heterocycles. The summed E-state index contributed by atoms with van der Waals surface area (Å²) >= 11 is 0. The van der Waals surface area contributed by atoms with Crippen LogP contribution in [0.15, 0.2) is 48.5 Å². The molecular formula is C21H25N3O4. The number of rotatable bonds is 7. The van der Waals surface area contributed by atoms with E-state index in [1.807, 2.05) is 27.7 Å². The molecule has 0 atom stereocenters. The van der Waals surface area contributed by atoms with Crippen molar-refractivity contribution in [1.82, 2.24) is 5.32 Å². The van der Waals surface area contributed by atoms with E-state index in [0.29, 0.717) is 17.8 Å². The van der Waals surface area contributed by atoms with Crippen LogP contribution in [0.3, 0.4) is 0 Å². The molecule has 0 radical (unpaired) electrons. The molecule has 7 heteroatoms. The molecule has 0 heterocycles. The summed E-state index contributed by atoms with van der Waals surface area (Å²) < 4.78 is 0. The molecule has 1 N–H and O–H groups in total. The fourth-order valence-electron chi connectivity index (χ4n) is 2.83. The quantitative estimate of drug-likeness (QED) is 0.448. The summed E-state index contributed by atoms with van der Waals surface area (Å²) in [5.74, 6) is -0.517. The Labute approximate surface area is 164 Å². The molecule has 0 fully saturated rings. The van der Waals surface area contributed by atoms with Gasteiger partial charge >= 0.3 is 0 Å². The molecule has 2 rings (SSSR count). The second-order valence-electron chi connectivity index (χ2n) is 7.47. The van der Waals surface area contributed by atoms with Gasteiger partial charge in [-0.25, -0.2) is 0 Å². The molecule has 0 bridgehead atoms. The van der Waals surface area contributed by atoms with Gasteiger partial charge in [0.15, 0.2) is 5.78 Å². The van der Waals surface area contributed by atoms with Crippen molar-refractivity contribution >= 4 is 23.1 Å². The van der Waals surface area contributed by atoms with Crippen LogP contribution in [0.2, 0.25) is 0 Å². The van der Waals surface area contributed by atoms with Gasteiger partial charge in [-0.1, -0.05) is 30.3 Å². The summed E-state index contributed by atoms with van der Waals surface area (Å²) in [5.41, 5.74) is 0.403. The normalized spacial score (nSPS) is 11.0. The molecule has 0 spiro atoms. The number of ketones is 1. The molecule has 0 unspecified atom stereocenters. The molecule has 0 aromatic heterocycles. The highest BCUT2D eigenvalue weighted by Crippen LogP contribution is 2.30. The maximum absolute atomic E-state index is 12.6. The highest BCUT2D eigenvalue weighted by molar-refractivity contribution is 6.09. The zero-order valence-corrected chi connectivity index (χ0v) is 16.6. The Kier molecular flexibility index (Phi) is 6.51. The first kappa shape index (κ1) is 21.1. The Balaban J connectivity index is 2.34. The maximum Gasteiger partial charge on any atom is 0.293 e. The van der Waals surface area contributed by atoms with Gasteiger partial charge in [-0.15, -0.1) is 0 Å². The lowest BCUT2D eigenvalue weighted by Gasteiger charge is -2.26. The third-order valence-corrected chi connectivity index (χ3v) is 4.04. The smallest absolute Gasteiger partial charge is 0.293 e. The number of hydrogen-bond donors (Lipinski definition) is 1. The van der Waals surface area contributed by atoms with Crippen molar-refractivity contribution in [2.45, 2.75) is 33.2 Å². The Morgan fingerprint density at radius 2 is 1.71 bits per heavy atom. The molecule has 0 aliphatic rings. The standard InChI is InChI=1S/C21H25N3O4/c1-5-23(14-19(25)22-21(2,3)4)17-12-11-16(13-18(17)24(27)28)20(26)15-9-7-6-8-10-15/h6-13H,5,14H2,1-4H3,(H,22,25). The minimum absolute atomic E-state index is 0.0133. The number of likely N-dealkylation sites (N-methyl/N-ethyl adjacent to an activating group) is 1. The van der Waals surface area contributed by atoms with Gasteiger partial charge in [-0.2, -0.15) is 0 Å². The molecule has 2 aromatic carbocycles. The first-order chi connectivity index (χ1) is 13.1. The van der Waals surface area contributed by atoms with E-state index in [1.165, 1.54) is 12.1 Å². The first-order valence-electron chi connectivity index (χ1n) is 9.06. The highest BCUT2D eigenvalue weighted by atomic mass is 16.6. The Morgan fingerprint density at radius 3 is 2.25 bits per heavy atom. The number of nitrogens with zero attached hydrogens (tertiary/aromatic N) is 2. The topological polar surface area (TPSA) is 92.6 Å². The Hall–Kier alpha value is -3.22. The summed E-state index contributed by atoms with van der Waals surface area (Å²) in [4.78, 5) is 37.6. The van der Waals surface area contributed by atoms with Crippen molar-refractivity contribution in [1.29, 1.82) is 0 Å². The average Bonchev–Trinajstić information content (AvgIpc) is 2.64. The second-order valence-corrected chi connectivity index (χ2v) is 7.47. The van der Waals surface area contributed by atoms with Crippen molar-refractivity contribution in [3.63, 3.8) is 0 Å². The molecule has 148 valence electrons. The average molecular weight is 383 g/mol. The number of anilines is 1. The molecule has 2 aromatic rings. The molecule has 0 saturated carbocycles. The minimum atomic E-state index is -0.526. The number of carbonyl (C=O) groups excluding carboxylic acids is 2. The summed E-state index contributed by atoms with van der Waals surface area (Å²) in [7, 11) is 0. The van der Waals surface area contributed by atoms with E-state index in [-0.39, 0.29) is 29.5 Å². The fraction of sp³-hybridized carbons (Fsp3) is 0.333. The van der Waals surface area contributed by atoms with Crippen LogP contribution in [-0.4, -0.2) is 35.2 Å². The number of benzene rings is 2. The fourth-order valence-corrected chi connectivity index (χ4v) is 2.83. The van der Waals surface area contributed by atoms with Gasteiger partial charge in [0, 0.05) is 29.3 Å². The van der Waals surface area contributed by atoms with E-state index in [4.69, 9.17) is 0 Å². The summed E-state index contributed by atoms with van der Waals surface area (Å²) in [6.07, 6.45) is 0. The van der Waals surface area contributed by atoms with Crippen molar-refractivity contribution in [3.8, 4) is 0 Å². The van der Waals surface area contributed by atoms with Crippen molar-refractivity contribution in [3.05, 3.63) is 69.8 Å². The van der Waals surface area contributed by atoms with Gasteiger partial charge in [-0.3, -0.25) is 19.7 Å². The molecule has 0 saturated heterocycles. The van der Waals surface area contributed by atoms with Gasteiger partial charge in [0.25, 0.3) is 5.69 Å². The SMILES string of the molecule is CCN(CC(=O)NC(C)(C)C)c1ccc(C(=O)c2ccccc2)cc1[N+](=O)[O-]. The largest absolute Gasteiger partial charge is 0.357 e. The van der Waals surface area contributed by atoms with E-state index < -0.39 is 10.5 Å². The molecular weight excluding hydrogens is 358 g/mol. The maximum atomic E-state index is 12.6. The van der Waals surface area contributed by atoms with E-state index in [0.717, 1.165) is 0 Å². The first-order valence-corrected chi connectivity index (χ1v) is 9.06. The van der Waals surface area contributed by atoms with Crippen molar-refractivity contribution in [2.24, 2.45) is 0 Å². The lowest BCUT2D eigenvalue weighted by Crippen LogP contribution is -2.46. The summed E-state index contributed by atoms with van der Waals surface area (Å²) in [6, 6.07) is 13.0. The van der Waals surface area contributed by atoms with Crippen LogP contribution < -0.4 is 10.2 Å². The molecule has 28 heavy (non-hydrogen) atoms. The second kappa shape index (κ2) is 8.65. The predicted molar refractivity (Wildman–Crippen MR) is 109 cm³/mol. The Bertz CT molecular complexity index is 873. The molecule has 0 aliphatic carbocycles. The molecule has 1 amide bonds. The summed E-state index contributed by atoms with van der Waals surface area (Å²) in [6.45, 7) is 7.82. The predicted octanol–water partition coefficient (Wildman–Crippen LogP) is 3.57. The van der Waals surface area contributed by atoms with Crippen molar-refractivity contribution < 1.29 is 14.5 Å². The van der Waals surface area contributed by atoms with Gasteiger partial charge < -0.3 is 10.2 Å². The zero-order chi connectivity index (χ0) is 20.9. The number of nitro groups is 1. The van der Waals surface area contributed by atoms with Gasteiger partial charge in [0.05, 0.1) is 11.5 Å². The number of hydrogen-bond acceptors (Lipinski definition) is 5. The third kappa shape index (κ3) is 5.39. The van der Waals surface area contributed by atoms with E-state index in [2.05, 4.69) is 5.32 Å². The molecule has 7 nitrogen and oxygen atoms in total. The van der Waals surface area contributed by atoms with Crippen LogP contribution in [0, 0.1) is 10.1 Å². The van der Waals surface area contributed by atoms with Crippen LogP contribution in [-0.2, 0) is 4.79 Å². The summed E-state index contributed by atoms with van der Waals surface area (Å²) in [5, 5.41) is 14.5. The van der Waals surface area contributed by atoms with Crippen molar-refractivity contribution in [2.75, 3.05) is 18.0 Å². The van der Waals surface area contributed by atoms with E-state index >= 15 is 0 Å². The number of amides is 1. The lowest BCUT2D eigenvalue weighted by molar-refractivity contribution is -0.384. The highest BCUT2D eigenvalue weighted by Gasteiger charge is 2.24. The monoisotopic (exact) mass is 383 g/mol. The Morgan fingerprint density at radius 1 is 1.07 bits per heavy atom. The van der Waals surface area contributed by atoms with Gasteiger partial charge in [0.2, 0.25) is 5.91 Å².